The third kappa shape index (κ3) is 1.81. The largest absolute Gasteiger partial charge is 0.381 e. The number of nitrogens with two attached hydrogens (primary N) is 1. The molecule has 0 amide bonds. The molecule has 2 N–H and O–H groups in total. The molecule has 2 nitrogen and oxygen atoms in total. The second-order valence-corrected chi connectivity index (χ2v) is 3.98. The van der Waals surface area contributed by atoms with E-state index in [1.54, 1.807) is 0 Å². The van der Waals surface area contributed by atoms with E-state index in [4.69, 9.17) is 10.5 Å². The van der Waals surface area contributed by atoms with Crippen molar-refractivity contribution < 1.29 is 4.74 Å². The molecule has 0 radical (unpaired) electrons. The first-order chi connectivity index (χ1) is 6.79. The average Bonchev–Trinajstić information content (AvgIpc) is 2.70. The summed E-state index contributed by atoms with van der Waals surface area (Å²) in [6.07, 6.45) is 1.13. The van der Waals surface area contributed by atoms with Crippen LogP contribution in [-0.2, 0) is 4.74 Å². The van der Waals surface area contributed by atoms with Crippen molar-refractivity contribution in [1.82, 2.24) is 0 Å². The lowest BCUT2D eigenvalue weighted by Gasteiger charge is -2.16. The van der Waals surface area contributed by atoms with Crippen LogP contribution >= 0.6 is 0 Å². The highest BCUT2D eigenvalue weighted by atomic mass is 16.5. The number of hydrogen-bond acceptors (Lipinski definition) is 2. The van der Waals surface area contributed by atoms with E-state index in [9.17, 15) is 0 Å². The van der Waals surface area contributed by atoms with Crippen molar-refractivity contribution in [3.05, 3.63) is 35.4 Å². The molecule has 2 unspecified atom stereocenters. The Kier molecular flexibility index (Phi) is 2.85. The highest BCUT2D eigenvalue weighted by Crippen LogP contribution is 2.29. The third-order valence-electron chi connectivity index (χ3n) is 2.86. The molecular formula is C12H17NO. The molecule has 1 aromatic carbocycles. The molecule has 14 heavy (non-hydrogen) atoms. The maximum absolute atomic E-state index is 5.94. The van der Waals surface area contributed by atoms with Crippen LogP contribution in [0.25, 0.3) is 0 Å². The molecule has 2 rings (SSSR count). The van der Waals surface area contributed by atoms with E-state index in [0.717, 1.165) is 19.6 Å². The van der Waals surface area contributed by atoms with Crippen LogP contribution in [0.2, 0.25) is 0 Å². The minimum Gasteiger partial charge on any atom is -0.381 e. The van der Waals surface area contributed by atoms with Crippen LogP contribution in [0.15, 0.2) is 24.3 Å². The number of ether oxygens (including phenoxy) is 1. The van der Waals surface area contributed by atoms with Crippen molar-refractivity contribution in [2.75, 3.05) is 13.2 Å². The molecule has 2 heteroatoms. The smallest absolute Gasteiger partial charge is 0.0535 e. The zero-order valence-electron chi connectivity index (χ0n) is 8.57. The normalized spacial score (nSPS) is 23.7. The molecule has 1 aromatic rings. The Morgan fingerprint density at radius 3 is 2.86 bits per heavy atom. The summed E-state index contributed by atoms with van der Waals surface area (Å²) in [5, 5.41) is 0. The second kappa shape index (κ2) is 4.11. The van der Waals surface area contributed by atoms with Gasteiger partial charge in [0.25, 0.3) is 0 Å². The standard InChI is InChI=1S/C12H17NO/c1-9(13)11-4-2-3-5-12(11)10-6-7-14-8-10/h2-5,9-10H,6-8,13H2,1H3. The van der Waals surface area contributed by atoms with Crippen molar-refractivity contribution in [3.63, 3.8) is 0 Å². The van der Waals surface area contributed by atoms with Gasteiger partial charge in [-0.05, 0) is 24.5 Å². The zero-order chi connectivity index (χ0) is 9.97. The molecule has 0 saturated carbocycles. The molecule has 1 aliphatic heterocycles. The monoisotopic (exact) mass is 191 g/mol. The van der Waals surface area contributed by atoms with Crippen molar-refractivity contribution in [2.24, 2.45) is 5.73 Å². The predicted molar refractivity (Wildman–Crippen MR) is 57.2 cm³/mol. The van der Waals surface area contributed by atoms with Gasteiger partial charge in [-0.2, -0.15) is 0 Å². The first-order valence-electron chi connectivity index (χ1n) is 5.21. The number of rotatable bonds is 2. The van der Waals surface area contributed by atoms with E-state index in [1.165, 1.54) is 11.1 Å². The summed E-state index contributed by atoms with van der Waals surface area (Å²) in [6, 6.07) is 8.56. The summed E-state index contributed by atoms with van der Waals surface area (Å²) < 4.78 is 5.41. The van der Waals surface area contributed by atoms with Gasteiger partial charge in [-0.15, -0.1) is 0 Å². The predicted octanol–water partition coefficient (Wildman–Crippen LogP) is 2.21. The van der Waals surface area contributed by atoms with Crippen molar-refractivity contribution in [2.45, 2.75) is 25.3 Å². The zero-order valence-corrected chi connectivity index (χ0v) is 8.57. The van der Waals surface area contributed by atoms with Gasteiger partial charge in [0.15, 0.2) is 0 Å². The van der Waals surface area contributed by atoms with Crippen LogP contribution in [0.1, 0.15) is 36.4 Å². The number of hydrogen-bond donors (Lipinski definition) is 1. The molecule has 0 aliphatic carbocycles. The molecular weight excluding hydrogens is 174 g/mol. The molecule has 2 atom stereocenters. The van der Waals surface area contributed by atoms with Crippen LogP contribution < -0.4 is 5.73 Å². The quantitative estimate of drug-likeness (QED) is 0.777. The van der Waals surface area contributed by atoms with E-state index in [1.807, 2.05) is 6.92 Å². The topological polar surface area (TPSA) is 35.2 Å². The van der Waals surface area contributed by atoms with Gasteiger partial charge in [0, 0.05) is 18.6 Å². The maximum atomic E-state index is 5.94. The van der Waals surface area contributed by atoms with E-state index >= 15 is 0 Å². The van der Waals surface area contributed by atoms with Gasteiger partial charge in [0.1, 0.15) is 0 Å². The fraction of sp³-hybridized carbons (Fsp3) is 0.500. The van der Waals surface area contributed by atoms with E-state index in [-0.39, 0.29) is 6.04 Å². The minimum atomic E-state index is 0.117. The van der Waals surface area contributed by atoms with Crippen molar-refractivity contribution >= 4 is 0 Å². The fourth-order valence-corrected chi connectivity index (χ4v) is 2.08. The van der Waals surface area contributed by atoms with Gasteiger partial charge in [-0.1, -0.05) is 24.3 Å². The fourth-order valence-electron chi connectivity index (χ4n) is 2.08. The SMILES string of the molecule is CC(N)c1ccccc1C1CCOC1. The summed E-state index contributed by atoms with van der Waals surface area (Å²) in [7, 11) is 0. The second-order valence-electron chi connectivity index (χ2n) is 3.98. The van der Waals surface area contributed by atoms with Crippen LogP contribution in [0, 0.1) is 0 Å². The van der Waals surface area contributed by atoms with Crippen LogP contribution in [0.4, 0.5) is 0 Å². The number of benzene rings is 1. The Balaban J connectivity index is 2.30. The summed E-state index contributed by atoms with van der Waals surface area (Å²) in [4.78, 5) is 0. The molecule has 0 spiro atoms. The van der Waals surface area contributed by atoms with E-state index in [0.29, 0.717) is 5.92 Å². The molecule has 1 aliphatic rings. The van der Waals surface area contributed by atoms with Gasteiger partial charge in [0.2, 0.25) is 0 Å². The van der Waals surface area contributed by atoms with E-state index < -0.39 is 0 Å². The molecule has 76 valence electrons. The first kappa shape index (κ1) is 9.69. The van der Waals surface area contributed by atoms with E-state index in [2.05, 4.69) is 24.3 Å². The molecule has 1 fully saturated rings. The Bertz CT molecular complexity index is 303. The van der Waals surface area contributed by atoms with Crippen molar-refractivity contribution in [3.8, 4) is 0 Å². The Morgan fingerprint density at radius 2 is 2.21 bits per heavy atom. The van der Waals surface area contributed by atoms with Crippen molar-refractivity contribution in [1.29, 1.82) is 0 Å². The highest BCUT2D eigenvalue weighted by Gasteiger charge is 2.20. The summed E-state index contributed by atoms with van der Waals surface area (Å²) in [5.74, 6) is 0.553. The first-order valence-corrected chi connectivity index (χ1v) is 5.21. The van der Waals surface area contributed by atoms with Gasteiger partial charge in [-0.25, -0.2) is 0 Å². The summed E-state index contributed by atoms with van der Waals surface area (Å²) in [6.45, 7) is 3.77. The lowest BCUT2D eigenvalue weighted by Crippen LogP contribution is -2.11. The Morgan fingerprint density at radius 1 is 1.43 bits per heavy atom. The van der Waals surface area contributed by atoms with Gasteiger partial charge in [0.05, 0.1) is 6.61 Å². The Hall–Kier alpha value is -0.860. The van der Waals surface area contributed by atoms with Crippen LogP contribution in [0.3, 0.4) is 0 Å². The van der Waals surface area contributed by atoms with Crippen LogP contribution in [-0.4, -0.2) is 13.2 Å². The van der Waals surface area contributed by atoms with Gasteiger partial charge < -0.3 is 10.5 Å². The lowest BCUT2D eigenvalue weighted by atomic mass is 9.91. The molecule has 1 heterocycles. The summed E-state index contributed by atoms with van der Waals surface area (Å²) >= 11 is 0. The van der Waals surface area contributed by atoms with Gasteiger partial charge in [-0.3, -0.25) is 0 Å². The summed E-state index contributed by atoms with van der Waals surface area (Å²) in [5.41, 5.74) is 8.58. The molecule has 0 bridgehead atoms. The lowest BCUT2D eigenvalue weighted by molar-refractivity contribution is 0.194. The Labute approximate surface area is 85.1 Å². The maximum Gasteiger partial charge on any atom is 0.0535 e. The average molecular weight is 191 g/mol. The minimum absolute atomic E-state index is 0.117. The van der Waals surface area contributed by atoms with Gasteiger partial charge >= 0.3 is 0 Å². The molecule has 1 saturated heterocycles. The van der Waals surface area contributed by atoms with Crippen LogP contribution in [0.5, 0.6) is 0 Å². The highest BCUT2D eigenvalue weighted by molar-refractivity contribution is 5.33. The third-order valence-corrected chi connectivity index (χ3v) is 2.86. The molecule has 0 aromatic heterocycles.